The van der Waals surface area contributed by atoms with Gasteiger partial charge in [-0.25, -0.2) is 8.42 Å². The second-order valence-corrected chi connectivity index (χ2v) is 12.3. The lowest BCUT2D eigenvalue weighted by atomic mass is 10.1. The molecule has 0 atom stereocenters. The van der Waals surface area contributed by atoms with E-state index in [2.05, 4.69) is 5.32 Å². The Hall–Kier alpha value is -2.30. The van der Waals surface area contributed by atoms with Crippen LogP contribution in [-0.2, 0) is 23.6 Å². The van der Waals surface area contributed by atoms with Crippen LogP contribution in [0.25, 0.3) is 0 Å². The molecule has 0 aliphatic carbocycles. The number of anilines is 1. The Morgan fingerprint density at radius 2 is 1.68 bits per heavy atom. The normalized spacial score (nSPS) is 16.8. The highest BCUT2D eigenvalue weighted by Crippen LogP contribution is 2.64. The van der Waals surface area contributed by atoms with Gasteiger partial charge in [-0.05, 0) is 51.8 Å². The van der Waals surface area contributed by atoms with Gasteiger partial charge in [0.2, 0.25) is 10.0 Å². The molecule has 1 aliphatic heterocycles. The number of rotatable bonds is 10. The predicted octanol–water partition coefficient (Wildman–Crippen LogP) is 4.76. The van der Waals surface area contributed by atoms with E-state index in [9.17, 15) is 23.1 Å². The predicted molar refractivity (Wildman–Crippen MR) is 129 cm³/mol. The standard InChI is InChI=1S/C22H30N3O7PS/c1-4-31-33(28,32-5-2)22(23-19-7-6-8-20(17-19)25(26)27)13-15-24(16-14-22)34(29,30)21-11-9-18(3)10-12-21/h6-12,17,23H,4-5,13-16H2,1-3H3. The highest BCUT2D eigenvalue weighted by Gasteiger charge is 2.53. The van der Waals surface area contributed by atoms with E-state index in [1.54, 1.807) is 44.2 Å². The number of aryl methyl sites for hydroxylation is 1. The maximum Gasteiger partial charge on any atom is 0.355 e. The van der Waals surface area contributed by atoms with Gasteiger partial charge in [-0.15, -0.1) is 0 Å². The van der Waals surface area contributed by atoms with Crippen LogP contribution in [0.2, 0.25) is 0 Å². The van der Waals surface area contributed by atoms with Crippen molar-refractivity contribution in [3.8, 4) is 0 Å². The summed E-state index contributed by atoms with van der Waals surface area (Å²) in [6.07, 6.45) is 0.246. The van der Waals surface area contributed by atoms with Crippen molar-refractivity contribution in [2.24, 2.45) is 0 Å². The smallest absolute Gasteiger partial charge is 0.355 e. The lowest BCUT2D eigenvalue weighted by Crippen LogP contribution is -2.51. The molecular weight excluding hydrogens is 481 g/mol. The van der Waals surface area contributed by atoms with E-state index in [1.807, 2.05) is 6.92 Å². The second kappa shape index (κ2) is 10.5. The molecule has 1 saturated heterocycles. The molecule has 186 valence electrons. The van der Waals surface area contributed by atoms with E-state index in [0.29, 0.717) is 5.69 Å². The summed E-state index contributed by atoms with van der Waals surface area (Å²) in [5.74, 6) is 0. The van der Waals surface area contributed by atoms with Gasteiger partial charge in [0.05, 0.1) is 23.0 Å². The molecule has 1 fully saturated rings. The van der Waals surface area contributed by atoms with Crippen molar-refractivity contribution < 1.29 is 27.0 Å². The number of hydrogen-bond acceptors (Lipinski definition) is 8. The van der Waals surface area contributed by atoms with Gasteiger partial charge in [-0.1, -0.05) is 23.8 Å². The van der Waals surface area contributed by atoms with Crippen molar-refractivity contribution in [3.05, 3.63) is 64.2 Å². The molecule has 1 N–H and O–H groups in total. The molecule has 1 heterocycles. The Balaban J connectivity index is 1.95. The summed E-state index contributed by atoms with van der Waals surface area (Å²) in [6.45, 7) is 5.67. The maximum atomic E-state index is 14.0. The number of nitrogens with one attached hydrogen (secondary N) is 1. The summed E-state index contributed by atoms with van der Waals surface area (Å²) in [4.78, 5) is 10.9. The Bertz CT molecular complexity index is 1150. The third-order valence-electron chi connectivity index (χ3n) is 5.76. The van der Waals surface area contributed by atoms with Crippen LogP contribution in [0, 0.1) is 17.0 Å². The average molecular weight is 512 g/mol. The number of nitro groups is 1. The summed E-state index contributed by atoms with van der Waals surface area (Å²) < 4.78 is 53.0. The van der Waals surface area contributed by atoms with Crippen molar-refractivity contribution in [2.75, 3.05) is 31.6 Å². The van der Waals surface area contributed by atoms with Crippen LogP contribution in [0.3, 0.4) is 0 Å². The van der Waals surface area contributed by atoms with Gasteiger partial charge in [-0.3, -0.25) is 14.7 Å². The minimum absolute atomic E-state index is 0.0717. The topological polar surface area (TPSA) is 128 Å². The molecule has 2 aromatic rings. The van der Waals surface area contributed by atoms with Crippen molar-refractivity contribution in [1.82, 2.24) is 4.31 Å². The number of benzene rings is 2. The summed E-state index contributed by atoms with van der Waals surface area (Å²) in [5.41, 5.74) is 1.21. The van der Waals surface area contributed by atoms with Gasteiger partial charge < -0.3 is 14.4 Å². The first-order chi connectivity index (χ1) is 16.1. The molecule has 0 saturated carbocycles. The molecule has 34 heavy (non-hydrogen) atoms. The van der Waals surface area contributed by atoms with E-state index < -0.39 is 27.8 Å². The monoisotopic (exact) mass is 511 g/mol. The lowest BCUT2D eigenvalue weighted by Gasteiger charge is -2.45. The molecule has 1 aliphatic rings. The Labute approximate surface area is 200 Å². The van der Waals surface area contributed by atoms with Crippen LogP contribution >= 0.6 is 7.60 Å². The molecule has 0 aromatic heterocycles. The molecule has 10 nitrogen and oxygen atoms in total. The van der Waals surface area contributed by atoms with Gasteiger partial charge in [0.15, 0.2) is 0 Å². The van der Waals surface area contributed by atoms with E-state index in [1.165, 1.54) is 22.5 Å². The molecular formula is C22H30N3O7PS. The first-order valence-corrected chi connectivity index (χ1v) is 14.0. The van der Waals surface area contributed by atoms with Gasteiger partial charge >= 0.3 is 7.60 Å². The zero-order valence-electron chi connectivity index (χ0n) is 19.5. The van der Waals surface area contributed by atoms with Crippen LogP contribution in [-0.4, -0.2) is 49.2 Å². The Morgan fingerprint density at radius 3 is 2.21 bits per heavy atom. The quantitative estimate of drug-likeness (QED) is 0.275. The van der Waals surface area contributed by atoms with Crippen LogP contribution in [0.15, 0.2) is 53.4 Å². The van der Waals surface area contributed by atoms with Gasteiger partial charge in [-0.2, -0.15) is 4.31 Å². The van der Waals surface area contributed by atoms with Gasteiger partial charge in [0.1, 0.15) is 5.28 Å². The second-order valence-electron chi connectivity index (χ2n) is 8.01. The number of non-ortho nitro benzene ring substituents is 1. The first kappa shape index (κ1) is 26.3. The van der Waals surface area contributed by atoms with E-state index in [-0.39, 0.29) is 49.7 Å². The Kier molecular flexibility index (Phi) is 8.15. The van der Waals surface area contributed by atoms with E-state index in [0.717, 1.165) is 5.56 Å². The highest BCUT2D eigenvalue weighted by molar-refractivity contribution is 7.89. The molecule has 3 rings (SSSR count). The third-order valence-corrected chi connectivity index (χ3v) is 10.5. The maximum absolute atomic E-state index is 14.0. The lowest BCUT2D eigenvalue weighted by molar-refractivity contribution is -0.384. The van der Waals surface area contributed by atoms with Crippen molar-refractivity contribution >= 4 is 29.0 Å². The zero-order chi connectivity index (χ0) is 25.0. The van der Waals surface area contributed by atoms with Crippen molar-refractivity contribution in [3.63, 3.8) is 0 Å². The van der Waals surface area contributed by atoms with Crippen LogP contribution in [0.5, 0.6) is 0 Å². The fraction of sp³-hybridized carbons (Fsp3) is 0.455. The Morgan fingerprint density at radius 1 is 1.09 bits per heavy atom. The van der Waals surface area contributed by atoms with Crippen LogP contribution < -0.4 is 5.32 Å². The number of hydrogen-bond donors (Lipinski definition) is 1. The number of nitrogens with zero attached hydrogens (tertiary/aromatic N) is 2. The number of piperidine rings is 1. The van der Waals surface area contributed by atoms with Gasteiger partial charge in [0, 0.05) is 30.9 Å². The summed E-state index contributed by atoms with van der Waals surface area (Å²) in [6, 6.07) is 12.5. The summed E-state index contributed by atoms with van der Waals surface area (Å²) in [7, 11) is -7.53. The number of nitro benzene ring substituents is 1. The minimum atomic E-state index is -3.79. The van der Waals surface area contributed by atoms with E-state index >= 15 is 0 Å². The third kappa shape index (κ3) is 5.34. The minimum Gasteiger partial charge on any atom is -0.369 e. The molecule has 2 aromatic carbocycles. The van der Waals surface area contributed by atoms with Crippen molar-refractivity contribution in [2.45, 2.75) is 43.8 Å². The van der Waals surface area contributed by atoms with Gasteiger partial charge in [0.25, 0.3) is 5.69 Å². The molecule has 0 spiro atoms. The average Bonchev–Trinajstić information content (AvgIpc) is 2.80. The first-order valence-electron chi connectivity index (χ1n) is 11.1. The largest absolute Gasteiger partial charge is 0.369 e. The van der Waals surface area contributed by atoms with Crippen LogP contribution in [0.1, 0.15) is 32.3 Å². The molecule has 0 bridgehead atoms. The molecule has 0 amide bonds. The fourth-order valence-electron chi connectivity index (χ4n) is 4.01. The number of sulfonamides is 1. The zero-order valence-corrected chi connectivity index (χ0v) is 21.2. The molecule has 0 radical (unpaired) electrons. The van der Waals surface area contributed by atoms with E-state index in [4.69, 9.17) is 9.05 Å². The fourth-order valence-corrected chi connectivity index (χ4v) is 7.72. The van der Waals surface area contributed by atoms with Crippen LogP contribution in [0.4, 0.5) is 11.4 Å². The molecule has 12 heteroatoms. The molecule has 0 unspecified atom stereocenters. The summed E-state index contributed by atoms with van der Waals surface area (Å²) >= 11 is 0. The SMILES string of the molecule is CCOP(=O)(OCC)C1(Nc2cccc([N+](=O)[O-])c2)CCN(S(=O)(=O)c2ccc(C)cc2)CC1. The highest BCUT2D eigenvalue weighted by atomic mass is 32.2. The van der Waals surface area contributed by atoms with Crippen molar-refractivity contribution in [1.29, 1.82) is 0 Å². The summed E-state index contributed by atoms with van der Waals surface area (Å²) in [5, 5.41) is 13.2.